The average molecular weight is 933 g/mol. The van der Waals surface area contributed by atoms with Crippen LogP contribution in [0.15, 0.2) is 30.3 Å². The van der Waals surface area contributed by atoms with Crippen LogP contribution in [0.1, 0.15) is 142 Å². The van der Waals surface area contributed by atoms with E-state index >= 15 is 0 Å². The van der Waals surface area contributed by atoms with E-state index in [4.69, 9.17) is 30.6 Å². The second kappa shape index (κ2) is 31.2. The van der Waals surface area contributed by atoms with Crippen molar-refractivity contribution in [2.75, 3.05) is 26.4 Å². The second-order valence-corrected chi connectivity index (χ2v) is 18.9. The molecular weight excluding hydrogens is 853 g/mol. The molecule has 0 aliphatic carbocycles. The van der Waals surface area contributed by atoms with Crippen molar-refractivity contribution in [3.05, 3.63) is 35.9 Å². The standard InChI is InChI=1S/C45H80N4O14S/c1-5-7-8-9-10-11-12-13-14-18-27-60-44-39(52)40(38(51)36(62-44)26-28-59-35(30-50)19-6-2)61-37(41(46)53)29-34(42(54)49-45(3,4)31-48-64(56,57)58)25-24-33(43(55)63-47)23-22-32-20-16-15-17-21-32/h15-17,20-21,33-40,44,48,50-52H,5-14,18-19,22-31,47H2,1-4H3,(H2,46,53)(H,49,54)(H,56,57,58). The Bertz CT molecular complexity index is 1560. The van der Waals surface area contributed by atoms with Gasteiger partial charge in [0.05, 0.1) is 24.7 Å². The molecule has 64 heavy (non-hydrogen) atoms. The molecule has 1 saturated heterocycles. The van der Waals surface area contributed by atoms with Crippen molar-refractivity contribution in [1.29, 1.82) is 0 Å². The molecule has 19 heteroatoms. The Morgan fingerprint density at radius 1 is 0.859 bits per heavy atom. The topological polar surface area (TPSA) is 289 Å². The number of aryl methyl sites for hydroxylation is 1. The summed E-state index contributed by atoms with van der Waals surface area (Å²) in [6.45, 7) is 6.92. The summed E-state index contributed by atoms with van der Waals surface area (Å²) in [6.07, 6.45) is 4.25. The number of primary amides is 1. The number of aliphatic hydroxyl groups is 3. The van der Waals surface area contributed by atoms with Crippen molar-refractivity contribution < 1.29 is 66.5 Å². The molecule has 2 amide bonds. The summed E-state index contributed by atoms with van der Waals surface area (Å²) in [4.78, 5) is 44.7. The second-order valence-electron chi connectivity index (χ2n) is 17.7. The van der Waals surface area contributed by atoms with Crippen molar-refractivity contribution in [2.45, 2.75) is 192 Å². The zero-order valence-corrected chi connectivity index (χ0v) is 39.4. The third-order valence-electron chi connectivity index (χ3n) is 11.6. The molecule has 0 saturated carbocycles. The number of aliphatic hydroxyl groups excluding tert-OH is 3. The molecule has 1 aliphatic heterocycles. The molecule has 10 N–H and O–H groups in total. The van der Waals surface area contributed by atoms with Crippen LogP contribution in [0.25, 0.3) is 0 Å². The first-order valence-corrected chi connectivity index (χ1v) is 24.7. The van der Waals surface area contributed by atoms with Gasteiger partial charge in [0.1, 0.15) is 24.4 Å². The molecule has 0 aromatic heterocycles. The Morgan fingerprint density at radius 2 is 1.48 bits per heavy atom. The summed E-state index contributed by atoms with van der Waals surface area (Å²) < 4.78 is 58.3. The number of carbonyl (C=O) groups is 3. The van der Waals surface area contributed by atoms with Crippen LogP contribution in [-0.2, 0) is 54.9 Å². The van der Waals surface area contributed by atoms with Gasteiger partial charge < -0.3 is 50.2 Å². The zero-order valence-electron chi connectivity index (χ0n) is 38.6. The van der Waals surface area contributed by atoms with Crippen molar-refractivity contribution in [2.24, 2.45) is 23.5 Å². The highest BCUT2D eigenvalue weighted by Gasteiger charge is 2.47. The minimum absolute atomic E-state index is 0.0252. The van der Waals surface area contributed by atoms with Gasteiger partial charge in [-0.1, -0.05) is 108 Å². The maximum Gasteiger partial charge on any atom is 0.333 e. The first-order valence-electron chi connectivity index (χ1n) is 23.2. The molecular formula is C45H80N4O14S. The summed E-state index contributed by atoms with van der Waals surface area (Å²) in [5.74, 6) is 1.06. The molecule has 9 unspecified atom stereocenters. The molecule has 18 nitrogen and oxygen atoms in total. The molecule has 1 fully saturated rings. The van der Waals surface area contributed by atoms with Crippen LogP contribution in [-0.4, -0.2) is 121 Å². The number of rotatable bonds is 36. The number of nitrogens with one attached hydrogen (secondary N) is 2. The quantitative estimate of drug-likeness (QED) is 0.0269. The molecule has 1 aromatic rings. The molecule has 1 heterocycles. The number of amides is 2. The van der Waals surface area contributed by atoms with Gasteiger partial charge in [0.2, 0.25) is 11.8 Å². The van der Waals surface area contributed by atoms with Crippen LogP contribution >= 0.6 is 0 Å². The Morgan fingerprint density at radius 3 is 2.06 bits per heavy atom. The fraction of sp³-hybridized carbons (Fsp3) is 0.800. The van der Waals surface area contributed by atoms with Crippen LogP contribution in [0.5, 0.6) is 0 Å². The summed E-state index contributed by atoms with van der Waals surface area (Å²) in [6, 6.07) is 9.40. The lowest BCUT2D eigenvalue weighted by molar-refractivity contribution is -0.310. The van der Waals surface area contributed by atoms with Crippen molar-refractivity contribution >= 4 is 28.1 Å². The summed E-state index contributed by atoms with van der Waals surface area (Å²) in [5.41, 5.74) is 5.60. The Hall–Kier alpha value is -2.82. The van der Waals surface area contributed by atoms with E-state index in [9.17, 15) is 42.7 Å². The number of carbonyl (C=O) groups excluding carboxylic acids is 3. The molecule has 370 valence electrons. The van der Waals surface area contributed by atoms with Crippen molar-refractivity contribution in [3.63, 3.8) is 0 Å². The van der Waals surface area contributed by atoms with E-state index in [0.29, 0.717) is 25.7 Å². The van der Waals surface area contributed by atoms with Gasteiger partial charge >= 0.3 is 16.3 Å². The summed E-state index contributed by atoms with van der Waals surface area (Å²) in [7, 11) is -4.61. The molecule has 0 radical (unpaired) electrons. The summed E-state index contributed by atoms with van der Waals surface area (Å²) >= 11 is 0. The smallest absolute Gasteiger partial charge is 0.333 e. The maximum atomic E-state index is 14.1. The number of hydrogen-bond donors (Lipinski definition) is 8. The van der Waals surface area contributed by atoms with Crippen molar-refractivity contribution in [3.8, 4) is 0 Å². The largest absolute Gasteiger partial charge is 0.394 e. The third-order valence-corrected chi connectivity index (χ3v) is 12.1. The number of ether oxygens (including phenoxy) is 4. The predicted molar refractivity (Wildman–Crippen MR) is 240 cm³/mol. The molecule has 0 spiro atoms. The number of nitrogens with two attached hydrogens (primary N) is 2. The maximum absolute atomic E-state index is 14.1. The first kappa shape index (κ1) is 57.3. The van der Waals surface area contributed by atoms with E-state index in [0.717, 1.165) is 31.2 Å². The Labute approximate surface area is 381 Å². The lowest BCUT2D eigenvalue weighted by Crippen LogP contribution is -2.61. The fourth-order valence-corrected chi connectivity index (χ4v) is 8.33. The van der Waals surface area contributed by atoms with E-state index in [-0.39, 0.29) is 45.5 Å². The Balaban J connectivity index is 2.32. The molecule has 2 rings (SSSR count). The molecule has 9 atom stereocenters. The van der Waals surface area contributed by atoms with E-state index in [2.05, 4.69) is 17.1 Å². The average Bonchev–Trinajstić information content (AvgIpc) is 3.25. The van der Waals surface area contributed by atoms with Gasteiger partial charge in [-0.3, -0.25) is 18.9 Å². The van der Waals surface area contributed by atoms with Crippen LogP contribution in [0.2, 0.25) is 0 Å². The van der Waals surface area contributed by atoms with Gasteiger partial charge in [-0.2, -0.15) is 19.0 Å². The minimum atomic E-state index is -4.61. The molecule has 1 aliphatic rings. The Kier molecular flexibility index (Phi) is 27.9. The minimum Gasteiger partial charge on any atom is -0.394 e. The first-order chi connectivity index (χ1) is 30.4. The van der Waals surface area contributed by atoms with E-state index in [1.807, 2.05) is 42.0 Å². The highest BCUT2D eigenvalue weighted by atomic mass is 32.2. The van der Waals surface area contributed by atoms with E-state index < -0.39 is 94.9 Å². The predicted octanol–water partition coefficient (Wildman–Crippen LogP) is 3.92. The van der Waals surface area contributed by atoms with Gasteiger partial charge in [0.25, 0.3) is 0 Å². The highest BCUT2D eigenvalue weighted by molar-refractivity contribution is 7.83. The van der Waals surface area contributed by atoms with Crippen LogP contribution in [0.4, 0.5) is 0 Å². The van der Waals surface area contributed by atoms with Gasteiger partial charge in [-0.15, -0.1) is 0 Å². The van der Waals surface area contributed by atoms with Gasteiger partial charge in [-0.25, -0.2) is 0 Å². The normalized spacial score (nSPS) is 21.2. The summed E-state index contributed by atoms with van der Waals surface area (Å²) in [5, 5.41) is 35.7. The van der Waals surface area contributed by atoms with Crippen LogP contribution in [0, 0.1) is 11.8 Å². The highest BCUT2D eigenvalue weighted by Crippen LogP contribution is 2.30. The SMILES string of the molecule is CCCCCCCCCCCCOC1OC(CCOC(CO)CCC)C(O)C(OC(CC(CCC(CCc2ccccc2)C(=O)ON)C(=O)NC(C)(C)CNS(=O)(=O)O)C(N)=O)C1O. The zero-order chi connectivity index (χ0) is 47.5. The van der Waals surface area contributed by atoms with Gasteiger partial charge in [-0.05, 0) is 70.8 Å². The van der Waals surface area contributed by atoms with E-state index in [1.54, 1.807) is 0 Å². The number of unbranched alkanes of at least 4 members (excludes halogenated alkanes) is 9. The van der Waals surface area contributed by atoms with Crippen LogP contribution in [0.3, 0.4) is 0 Å². The van der Waals surface area contributed by atoms with Gasteiger partial charge in [0.15, 0.2) is 6.29 Å². The van der Waals surface area contributed by atoms with Crippen LogP contribution < -0.4 is 21.7 Å². The molecule has 0 bridgehead atoms. The lowest BCUT2D eigenvalue weighted by Gasteiger charge is -2.43. The van der Waals surface area contributed by atoms with Crippen molar-refractivity contribution in [1.82, 2.24) is 10.0 Å². The third kappa shape index (κ3) is 23.1. The number of benzene rings is 1. The molecule has 1 aromatic carbocycles. The monoisotopic (exact) mass is 933 g/mol. The fourth-order valence-electron chi connectivity index (χ4n) is 7.79. The lowest BCUT2D eigenvalue weighted by atomic mass is 9.87. The van der Waals surface area contributed by atoms with E-state index in [1.165, 1.54) is 52.4 Å². The number of hydrogen-bond acceptors (Lipinski definition) is 14. The van der Waals surface area contributed by atoms with Gasteiger partial charge in [0, 0.05) is 31.2 Å².